The van der Waals surface area contributed by atoms with Crippen molar-refractivity contribution in [2.24, 2.45) is 0 Å². The maximum absolute atomic E-state index is 12.2. The van der Waals surface area contributed by atoms with E-state index in [0.29, 0.717) is 11.4 Å². The van der Waals surface area contributed by atoms with Crippen LogP contribution in [0, 0.1) is 6.92 Å². The van der Waals surface area contributed by atoms with Gasteiger partial charge in [-0.25, -0.2) is 0 Å². The summed E-state index contributed by atoms with van der Waals surface area (Å²) in [7, 11) is 0. The smallest absolute Gasteiger partial charge is 0.276 e. The first kappa shape index (κ1) is 11.4. The molecule has 0 saturated carbocycles. The van der Waals surface area contributed by atoms with Gasteiger partial charge in [0.2, 0.25) is 0 Å². The van der Waals surface area contributed by atoms with E-state index in [2.05, 4.69) is 15.3 Å². The number of benzene rings is 1. The summed E-state index contributed by atoms with van der Waals surface area (Å²) in [6, 6.07) is 13.2. The molecule has 5 nitrogen and oxygen atoms in total. The van der Waals surface area contributed by atoms with Gasteiger partial charge in [0, 0.05) is 11.8 Å². The largest absolute Gasteiger partial charge is 0.289 e. The fraction of sp³-hybridized carbons (Fsp3) is 0.0714. The highest BCUT2D eigenvalue weighted by atomic mass is 16.1. The Morgan fingerprint density at radius 2 is 1.89 bits per heavy atom. The van der Waals surface area contributed by atoms with E-state index in [1.54, 1.807) is 25.3 Å². The van der Waals surface area contributed by atoms with Gasteiger partial charge in [0.25, 0.3) is 5.56 Å². The summed E-state index contributed by atoms with van der Waals surface area (Å²) in [5.74, 6) is 0.484. The molecule has 3 aromatic rings. The van der Waals surface area contributed by atoms with E-state index < -0.39 is 0 Å². The Balaban J connectivity index is 2.19. The molecule has 0 fully saturated rings. The van der Waals surface area contributed by atoms with E-state index >= 15 is 0 Å². The number of aromatic amines is 1. The zero-order chi connectivity index (χ0) is 13.2. The van der Waals surface area contributed by atoms with Gasteiger partial charge in [-0.05, 0) is 24.6 Å². The minimum absolute atomic E-state index is 0.112. The first-order valence-corrected chi connectivity index (χ1v) is 5.92. The second kappa shape index (κ2) is 4.53. The Labute approximate surface area is 109 Å². The predicted molar refractivity (Wildman–Crippen MR) is 72.2 cm³/mol. The van der Waals surface area contributed by atoms with Crippen molar-refractivity contribution in [2.45, 2.75) is 6.92 Å². The predicted octanol–water partition coefficient (Wildman–Crippen LogP) is 1.93. The monoisotopic (exact) mass is 252 g/mol. The van der Waals surface area contributed by atoms with Crippen LogP contribution in [0.1, 0.15) is 5.56 Å². The molecule has 1 N–H and O–H groups in total. The molecule has 0 aliphatic heterocycles. The quantitative estimate of drug-likeness (QED) is 0.758. The Kier molecular flexibility index (Phi) is 2.72. The molecule has 1 aromatic carbocycles. The van der Waals surface area contributed by atoms with E-state index in [0.717, 1.165) is 11.3 Å². The van der Waals surface area contributed by atoms with Crippen molar-refractivity contribution in [1.82, 2.24) is 20.0 Å². The van der Waals surface area contributed by atoms with Gasteiger partial charge in [-0.15, -0.1) is 5.10 Å². The zero-order valence-corrected chi connectivity index (χ0v) is 10.4. The van der Waals surface area contributed by atoms with Gasteiger partial charge in [0.15, 0.2) is 5.82 Å². The average Bonchev–Trinajstić information content (AvgIpc) is 2.77. The Hall–Kier alpha value is -2.69. The summed E-state index contributed by atoms with van der Waals surface area (Å²) < 4.78 is 1.41. The number of hydrogen-bond donors (Lipinski definition) is 1. The second-order valence-electron chi connectivity index (χ2n) is 4.20. The summed E-state index contributed by atoms with van der Waals surface area (Å²) in [6.45, 7) is 1.80. The van der Waals surface area contributed by atoms with E-state index in [4.69, 9.17) is 0 Å². The van der Waals surface area contributed by atoms with Crippen LogP contribution in [0.2, 0.25) is 0 Å². The van der Waals surface area contributed by atoms with Gasteiger partial charge in [-0.2, -0.15) is 9.78 Å². The van der Waals surface area contributed by atoms with Crippen molar-refractivity contribution in [3.05, 3.63) is 64.6 Å². The minimum atomic E-state index is -0.112. The normalized spacial score (nSPS) is 10.6. The number of rotatable bonds is 2. The van der Waals surface area contributed by atoms with Crippen molar-refractivity contribution < 1.29 is 0 Å². The molecule has 3 rings (SSSR count). The summed E-state index contributed by atoms with van der Waals surface area (Å²) in [5, 5.41) is 10.8. The Bertz CT molecular complexity index is 744. The zero-order valence-electron chi connectivity index (χ0n) is 10.4. The van der Waals surface area contributed by atoms with Crippen molar-refractivity contribution in [2.75, 3.05) is 0 Å². The second-order valence-corrected chi connectivity index (χ2v) is 4.20. The Morgan fingerprint density at radius 1 is 1.11 bits per heavy atom. The van der Waals surface area contributed by atoms with Crippen LogP contribution >= 0.6 is 0 Å². The topological polar surface area (TPSA) is 63.6 Å². The fourth-order valence-electron chi connectivity index (χ4n) is 1.98. The van der Waals surface area contributed by atoms with Gasteiger partial charge in [-0.3, -0.25) is 9.89 Å². The van der Waals surface area contributed by atoms with Crippen molar-refractivity contribution in [3.63, 3.8) is 0 Å². The third-order valence-corrected chi connectivity index (χ3v) is 2.97. The SMILES string of the molecule is Cc1c(-c2ccccc2)[nH]n(-c2cccnn2)c1=O. The maximum Gasteiger partial charge on any atom is 0.276 e. The average molecular weight is 252 g/mol. The summed E-state index contributed by atoms with van der Waals surface area (Å²) in [6.07, 6.45) is 1.57. The number of nitrogens with one attached hydrogen (secondary N) is 1. The van der Waals surface area contributed by atoms with Crippen LogP contribution in [0.3, 0.4) is 0 Å². The number of aromatic nitrogens is 4. The first-order valence-electron chi connectivity index (χ1n) is 5.92. The molecule has 0 unspecified atom stereocenters. The fourth-order valence-corrected chi connectivity index (χ4v) is 1.98. The molecule has 0 aliphatic rings. The van der Waals surface area contributed by atoms with Crippen LogP contribution in [-0.4, -0.2) is 20.0 Å². The molecule has 0 atom stereocenters. The maximum atomic E-state index is 12.2. The molecule has 5 heteroatoms. The van der Waals surface area contributed by atoms with Gasteiger partial charge in [0.05, 0.1) is 5.69 Å². The van der Waals surface area contributed by atoms with Crippen molar-refractivity contribution in [1.29, 1.82) is 0 Å². The number of hydrogen-bond acceptors (Lipinski definition) is 3. The molecule has 94 valence electrons. The Morgan fingerprint density at radius 3 is 2.58 bits per heavy atom. The highest BCUT2D eigenvalue weighted by Crippen LogP contribution is 2.18. The molecule has 0 spiro atoms. The molecular formula is C14H12N4O. The van der Waals surface area contributed by atoms with Gasteiger partial charge in [-0.1, -0.05) is 30.3 Å². The first-order chi connectivity index (χ1) is 9.27. The standard InChI is InChI=1S/C14H12N4O/c1-10-13(11-6-3-2-4-7-11)17-18(14(10)19)12-8-5-9-15-16-12/h2-9,17H,1H3. The lowest BCUT2D eigenvalue weighted by molar-refractivity contribution is 0.792. The van der Waals surface area contributed by atoms with Gasteiger partial charge < -0.3 is 0 Å². The lowest BCUT2D eigenvalue weighted by Gasteiger charge is -2.00. The summed E-state index contributed by atoms with van der Waals surface area (Å²) in [4.78, 5) is 12.2. The van der Waals surface area contributed by atoms with E-state index in [-0.39, 0.29) is 5.56 Å². The molecule has 0 radical (unpaired) electrons. The van der Waals surface area contributed by atoms with Gasteiger partial charge >= 0.3 is 0 Å². The van der Waals surface area contributed by atoms with Crippen LogP contribution in [0.15, 0.2) is 53.5 Å². The third kappa shape index (κ3) is 1.95. The summed E-state index contributed by atoms with van der Waals surface area (Å²) >= 11 is 0. The number of nitrogens with zero attached hydrogens (tertiary/aromatic N) is 3. The molecule has 0 amide bonds. The molecule has 0 bridgehead atoms. The lowest BCUT2D eigenvalue weighted by atomic mass is 10.1. The van der Waals surface area contributed by atoms with Crippen LogP contribution in [0.4, 0.5) is 0 Å². The van der Waals surface area contributed by atoms with E-state index in [1.165, 1.54) is 4.68 Å². The van der Waals surface area contributed by atoms with Crippen LogP contribution in [0.25, 0.3) is 17.1 Å². The molecule has 0 saturated heterocycles. The van der Waals surface area contributed by atoms with E-state index in [9.17, 15) is 4.79 Å². The van der Waals surface area contributed by atoms with Crippen LogP contribution < -0.4 is 5.56 Å². The highest BCUT2D eigenvalue weighted by molar-refractivity contribution is 5.62. The lowest BCUT2D eigenvalue weighted by Crippen LogP contribution is -2.17. The van der Waals surface area contributed by atoms with E-state index in [1.807, 2.05) is 30.3 Å². The van der Waals surface area contributed by atoms with Gasteiger partial charge in [0.1, 0.15) is 0 Å². The minimum Gasteiger partial charge on any atom is -0.289 e. The third-order valence-electron chi connectivity index (χ3n) is 2.97. The molecule has 2 aromatic heterocycles. The van der Waals surface area contributed by atoms with Crippen LogP contribution in [-0.2, 0) is 0 Å². The van der Waals surface area contributed by atoms with Crippen molar-refractivity contribution >= 4 is 0 Å². The molecule has 19 heavy (non-hydrogen) atoms. The number of H-pyrrole nitrogens is 1. The van der Waals surface area contributed by atoms with Crippen LogP contribution in [0.5, 0.6) is 0 Å². The van der Waals surface area contributed by atoms with Crippen molar-refractivity contribution in [3.8, 4) is 17.1 Å². The highest BCUT2D eigenvalue weighted by Gasteiger charge is 2.13. The molecular weight excluding hydrogens is 240 g/mol. The molecule has 2 heterocycles. The summed E-state index contributed by atoms with van der Waals surface area (Å²) in [5.41, 5.74) is 2.33. The molecule has 0 aliphatic carbocycles.